The molecule has 0 radical (unpaired) electrons. The number of carboxylic acid groups (broad SMARTS) is 1. The van der Waals surface area contributed by atoms with E-state index in [1.54, 1.807) is 12.1 Å². The highest BCUT2D eigenvalue weighted by Crippen LogP contribution is 2.19. The van der Waals surface area contributed by atoms with Gasteiger partial charge in [-0.25, -0.2) is 0 Å². The minimum absolute atomic E-state index is 0.0725. The molecule has 0 aliphatic heterocycles. The molecule has 1 aromatic carbocycles. The molecule has 0 heterocycles. The van der Waals surface area contributed by atoms with Crippen molar-refractivity contribution < 1.29 is 19.4 Å². The highest BCUT2D eigenvalue weighted by atomic mass is 16.5. The summed E-state index contributed by atoms with van der Waals surface area (Å²) in [6, 6.07) is 6.52. The van der Waals surface area contributed by atoms with Gasteiger partial charge in [0.25, 0.3) is 0 Å². The van der Waals surface area contributed by atoms with E-state index in [0.717, 1.165) is 0 Å². The van der Waals surface area contributed by atoms with Gasteiger partial charge >= 0.3 is 5.97 Å². The number of benzene rings is 1. The van der Waals surface area contributed by atoms with Gasteiger partial charge in [0.05, 0.1) is 6.61 Å². The highest BCUT2D eigenvalue weighted by Gasteiger charge is 2.18. The van der Waals surface area contributed by atoms with Gasteiger partial charge in [-0.1, -0.05) is 19.9 Å². The van der Waals surface area contributed by atoms with Crippen molar-refractivity contribution in [2.45, 2.75) is 32.9 Å². The van der Waals surface area contributed by atoms with Gasteiger partial charge in [0.15, 0.2) is 0 Å². The van der Waals surface area contributed by atoms with Crippen LogP contribution >= 0.6 is 0 Å². The third kappa shape index (κ3) is 5.61. The van der Waals surface area contributed by atoms with Crippen LogP contribution in [0.3, 0.4) is 0 Å². The Morgan fingerprint density at radius 1 is 1.32 bits per heavy atom. The van der Waals surface area contributed by atoms with Gasteiger partial charge in [-0.15, -0.1) is 0 Å². The van der Waals surface area contributed by atoms with Crippen LogP contribution in [0.2, 0.25) is 0 Å². The van der Waals surface area contributed by atoms with E-state index in [1.807, 2.05) is 32.9 Å². The standard InChI is InChI=1S/C14H21NO4/c1-4-18-11-6-5-7-12(8-11)19-9-13(14(16)17)15-10(2)3/h5-8,10,13,15H,4,9H2,1-3H3,(H,16,17). The van der Waals surface area contributed by atoms with Crippen LogP contribution in [-0.4, -0.2) is 36.4 Å². The first-order chi connectivity index (χ1) is 9.02. The van der Waals surface area contributed by atoms with E-state index in [4.69, 9.17) is 14.6 Å². The monoisotopic (exact) mass is 267 g/mol. The Morgan fingerprint density at radius 2 is 1.95 bits per heavy atom. The van der Waals surface area contributed by atoms with Gasteiger partial charge < -0.3 is 14.6 Å². The summed E-state index contributed by atoms with van der Waals surface area (Å²) in [5, 5.41) is 12.0. The van der Waals surface area contributed by atoms with Crippen molar-refractivity contribution >= 4 is 5.97 Å². The third-order valence-corrected chi connectivity index (χ3v) is 2.37. The minimum Gasteiger partial charge on any atom is -0.494 e. The quantitative estimate of drug-likeness (QED) is 0.753. The van der Waals surface area contributed by atoms with Gasteiger partial charge in [-0.3, -0.25) is 10.1 Å². The molecule has 1 rings (SSSR count). The predicted octanol–water partition coefficient (Wildman–Crippen LogP) is 1.92. The SMILES string of the molecule is CCOc1cccc(OCC(NC(C)C)C(=O)O)c1. The number of hydrogen-bond acceptors (Lipinski definition) is 4. The van der Waals surface area contributed by atoms with Crippen molar-refractivity contribution in [2.75, 3.05) is 13.2 Å². The molecule has 0 saturated heterocycles. The van der Waals surface area contributed by atoms with E-state index >= 15 is 0 Å². The summed E-state index contributed by atoms with van der Waals surface area (Å²) in [5.41, 5.74) is 0. The molecule has 1 aromatic rings. The van der Waals surface area contributed by atoms with Crippen molar-refractivity contribution in [2.24, 2.45) is 0 Å². The molecule has 0 fully saturated rings. The van der Waals surface area contributed by atoms with Crippen molar-refractivity contribution in [3.8, 4) is 11.5 Å². The Labute approximate surface area is 113 Å². The van der Waals surface area contributed by atoms with Crippen LogP contribution in [0.15, 0.2) is 24.3 Å². The molecule has 0 aliphatic carbocycles. The number of aliphatic carboxylic acids is 1. The molecule has 19 heavy (non-hydrogen) atoms. The van der Waals surface area contributed by atoms with Crippen molar-refractivity contribution in [1.29, 1.82) is 0 Å². The summed E-state index contributed by atoms with van der Waals surface area (Å²) in [6.07, 6.45) is 0. The summed E-state index contributed by atoms with van der Waals surface area (Å²) >= 11 is 0. The summed E-state index contributed by atoms with van der Waals surface area (Å²) in [7, 11) is 0. The zero-order valence-corrected chi connectivity index (χ0v) is 11.6. The summed E-state index contributed by atoms with van der Waals surface area (Å²) in [6.45, 7) is 6.34. The second kappa shape index (κ2) is 7.63. The lowest BCUT2D eigenvalue weighted by atomic mass is 10.2. The van der Waals surface area contributed by atoms with Crippen molar-refractivity contribution in [1.82, 2.24) is 5.32 Å². The lowest BCUT2D eigenvalue weighted by molar-refractivity contribution is -0.140. The minimum atomic E-state index is -0.922. The normalized spacial score (nSPS) is 12.2. The molecular weight excluding hydrogens is 246 g/mol. The first kappa shape index (κ1) is 15.3. The lowest BCUT2D eigenvalue weighted by Crippen LogP contribution is -2.44. The molecule has 5 nitrogen and oxygen atoms in total. The maximum atomic E-state index is 11.1. The second-order valence-electron chi connectivity index (χ2n) is 4.43. The fraction of sp³-hybridized carbons (Fsp3) is 0.500. The predicted molar refractivity (Wildman–Crippen MR) is 72.8 cm³/mol. The van der Waals surface area contributed by atoms with Gasteiger partial charge in [-0.05, 0) is 19.1 Å². The van der Waals surface area contributed by atoms with E-state index in [-0.39, 0.29) is 12.6 Å². The summed E-state index contributed by atoms with van der Waals surface area (Å²) in [5.74, 6) is 0.390. The first-order valence-electron chi connectivity index (χ1n) is 6.37. The number of nitrogens with one attached hydrogen (secondary N) is 1. The topological polar surface area (TPSA) is 67.8 Å². The third-order valence-electron chi connectivity index (χ3n) is 2.37. The zero-order valence-electron chi connectivity index (χ0n) is 11.6. The Hall–Kier alpha value is -1.75. The molecule has 0 aromatic heterocycles. The van der Waals surface area contributed by atoms with E-state index in [1.165, 1.54) is 0 Å². The van der Waals surface area contributed by atoms with Crippen LogP contribution in [0.5, 0.6) is 11.5 Å². The zero-order chi connectivity index (χ0) is 14.3. The first-order valence-corrected chi connectivity index (χ1v) is 6.37. The van der Waals surface area contributed by atoms with Gasteiger partial charge in [0, 0.05) is 12.1 Å². The molecule has 1 atom stereocenters. The van der Waals surface area contributed by atoms with Crippen LogP contribution in [0.1, 0.15) is 20.8 Å². The summed E-state index contributed by atoms with van der Waals surface area (Å²) in [4.78, 5) is 11.1. The van der Waals surface area contributed by atoms with Crippen molar-refractivity contribution in [3.05, 3.63) is 24.3 Å². The smallest absolute Gasteiger partial charge is 0.324 e. The second-order valence-corrected chi connectivity index (χ2v) is 4.43. The molecular formula is C14H21NO4. The number of rotatable bonds is 8. The molecule has 0 saturated carbocycles. The fourth-order valence-corrected chi connectivity index (χ4v) is 1.59. The van der Waals surface area contributed by atoms with Crippen molar-refractivity contribution in [3.63, 3.8) is 0 Å². The fourth-order valence-electron chi connectivity index (χ4n) is 1.59. The average molecular weight is 267 g/mol. The lowest BCUT2D eigenvalue weighted by Gasteiger charge is -2.18. The van der Waals surface area contributed by atoms with Crippen LogP contribution in [0.25, 0.3) is 0 Å². The molecule has 106 valence electrons. The van der Waals surface area contributed by atoms with Crippen LogP contribution in [0, 0.1) is 0 Å². The van der Waals surface area contributed by atoms with Gasteiger partial charge in [0.1, 0.15) is 24.1 Å². The van der Waals surface area contributed by atoms with E-state index in [9.17, 15) is 4.79 Å². The maximum Gasteiger partial charge on any atom is 0.324 e. The van der Waals surface area contributed by atoms with E-state index < -0.39 is 12.0 Å². The van der Waals surface area contributed by atoms with Gasteiger partial charge in [-0.2, -0.15) is 0 Å². The molecule has 5 heteroatoms. The molecule has 0 spiro atoms. The molecule has 2 N–H and O–H groups in total. The Morgan fingerprint density at radius 3 is 2.47 bits per heavy atom. The number of carboxylic acids is 1. The molecule has 0 aliphatic rings. The molecule has 0 amide bonds. The van der Waals surface area contributed by atoms with Gasteiger partial charge in [0.2, 0.25) is 0 Å². The van der Waals surface area contributed by atoms with E-state index in [2.05, 4.69) is 5.32 Å². The average Bonchev–Trinajstić information content (AvgIpc) is 2.34. The van der Waals surface area contributed by atoms with Crippen LogP contribution in [0.4, 0.5) is 0 Å². The molecule has 0 bridgehead atoms. The van der Waals surface area contributed by atoms with E-state index in [0.29, 0.717) is 18.1 Å². The Bertz CT molecular complexity index is 406. The number of ether oxygens (including phenoxy) is 2. The molecule has 1 unspecified atom stereocenters. The Kier molecular flexibility index (Phi) is 6.15. The highest BCUT2D eigenvalue weighted by molar-refractivity contribution is 5.73. The Balaban J connectivity index is 2.58. The van der Waals surface area contributed by atoms with Crippen LogP contribution < -0.4 is 14.8 Å². The van der Waals surface area contributed by atoms with Crippen LogP contribution in [-0.2, 0) is 4.79 Å². The largest absolute Gasteiger partial charge is 0.494 e. The maximum absolute atomic E-state index is 11.1. The number of hydrogen-bond donors (Lipinski definition) is 2. The summed E-state index contributed by atoms with van der Waals surface area (Å²) < 4.78 is 10.8. The number of carbonyl (C=O) groups is 1.